The molecule has 0 atom stereocenters. The van der Waals surface area contributed by atoms with E-state index >= 15 is 0 Å². The van der Waals surface area contributed by atoms with Crippen LogP contribution in [-0.4, -0.2) is 24.6 Å². The monoisotopic (exact) mass is 366 g/mol. The first kappa shape index (κ1) is 16.5. The van der Waals surface area contributed by atoms with Gasteiger partial charge in [0.15, 0.2) is 9.84 Å². The van der Waals surface area contributed by atoms with Gasteiger partial charge in [0, 0.05) is 11.8 Å². The lowest BCUT2D eigenvalue weighted by Crippen LogP contribution is -1.96. The van der Waals surface area contributed by atoms with Crippen LogP contribution in [0.2, 0.25) is 0 Å². The van der Waals surface area contributed by atoms with Gasteiger partial charge in [-0.2, -0.15) is 0 Å². The molecule has 1 aromatic heterocycles. The van der Waals surface area contributed by atoms with Gasteiger partial charge in [0.1, 0.15) is 11.6 Å². The molecule has 0 fully saturated rings. The summed E-state index contributed by atoms with van der Waals surface area (Å²) in [6.07, 6.45) is 1.18. The summed E-state index contributed by atoms with van der Waals surface area (Å²) in [4.78, 5) is 7.92. The number of halogens is 1. The number of sulfone groups is 1. The van der Waals surface area contributed by atoms with Gasteiger partial charge in [0.25, 0.3) is 0 Å². The molecule has 1 N–H and O–H groups in total. The largest absolute Gasteiger partial charge is 0.338 e. The highest BCUT2D eigenvalue weighted by Gasteiger charge is 2.11. The Labute approximate surface area is 150 Å². The van der Waals surface area contributed by atoms with Crippen LogP contribution in [0.4, 0.5) is 4.39 Å². The molecule has 1 heterocycles. The highest BCUT2D eigenvalue weighted by atomic mass is 32.2. The zero-order valence-electron chi connectivity index (χ0n) is 13.9. The average molecular weight is 366 g/mol. The molecule has 4 aromatic rings. The van der Waals surface area contributed by atoms with Crippen molar-refractivity contribution >= 4 is 20.9 Å². The summed E-state index contributed by atoms with van der Waals surface area (Å²) >= 11 is 0. The van der Waals surface area contributed by atoms with E-state index in [1.54, 1.807) is 24.3 Å². The number of hydrogen-bond donors (Lipinski definition) is 1. The fourth-order valence-electron chi connectivity index (χ4n) is 2.84. The molecule has 130 valence electrons. The average Bonchev–Trinajstić information content (AvgIpc) is 3.04. The van der Waals surface area contributed by atoms with Gasteiger partial charge >= 0.3 is 0 Å². The van der Waals surface area contributed by atoms with Crippen molar-refractivity contribution in [2.45, 2.75) is 4.90 Å². The molecule has 3 aromatic carbocycles. The molecule has 0 aliphatic rings. The van der Waals surface area contributed by atoms with Gasteiger partial charge < -0.3 is 4.98 Å². The minimum absolute atomic E-state index is 0.252. The molecule has 0 aliphatic carbocycles. The van der Waals surface area contributed by atoms with Crippen molar-refractivity contribution in [3.05, 3.63) is 72.5 Å². The lowest BCUT2D eigenvalue weighted by molar-refractivity contribution is 0.602. The van der Waals surface area contributed by atoms with E-state index in [2.05, 4.69) is 9.97 Å². The van der Waals surface area contributed by atoms with Gasteiger partial charge in [0.2, 0.25) is 0 Å². The molecular weight excluding hydrogens is 351 g/mol. The molecule has 0 aliphatic heterocycles. The maximum Gasteiger partial charge on any atom is 0.175 e. The number of benzene rings is 3. The van der Waals surface area contributed by atoms with Crippen molar-refractivity contribution in [1.29, 1.82) is 0 Å². The van der Waals surface area contributed by atoms with Gasteiger partial charge in [0.05, 0.1) is 15.9 Å². The fraction of sp³-hybridized carbons (Fsp3) is 0.0500. The van der Waals surface area contributed by atoms with Crippen LogP contribution < -0.4 is 0 Å². The molecule has 0 saturated heterocycles. The highest BCUT2D eigenvalue weighted by Crippen LogP contribution is 2.26. The molecule has 6 heteroatoms. The summed E-state index contributed by atoms with van der Waals surface area (Å²) < 4.78 is 36.8. The summed E-state index contributed by atoms with van der Waals surface area (Å²) in [6.45, 7) is 0. The number of H-pyrrole nitrogens is 1. The maximum atomic E-state index is 13.4. The molecule has 0 radical (unpaired) electrons. The van der Waals surface area contributed by atoms with Crippen LogP contribution in [0.1, 0.15) is 0 Å². The Bertz CT molecular complexity index is 1210. The zero-order valence-corrected chi connectivity index (χ0v) is 14.7. The predicted octanol–water partition coefficient (Wildman–Crippen LogP) is 4.44. The van der Waals surface area contributed by atoms with E-state index in [0.717, 1.165) is 16.7 Å². The molecule has 26 heavy (non-hydrogen) atoms. The van der Waals surface area contributed by atoms with Gasteiger partial charge in [-0.3, -0.25) is 0 Å². The van der Waals surface area contributed by atoms with Crippen LogP contribution in [0, 0.1) is 5.82 Å². The van der Waals surface area contributed by atoms with E-state index in [0.29, 0.717) is 16.9 Å². The fourth-order valence-corrected chi connectivity index (χ4v) is 3.49. The summed E-state index contributed by atoms with van der Waals surface area (Å²) in [5, 5.41) is 0. The van der Waals surface area contributed by atoms with Gasteiger partial charge in [-0.15, -0.1) is 0 Å². The minimum Gasteiger partial charge on any atom is -0.338 e. The van der Waals surface area contributed by atoms with E-state index in [4.69, 9.17) is 0 Å². The van der Waals surface area contributed by atoms with Crippen molar-refractivity contribution in [2.75, 3.05) is 6.26 Å². The molecule has 0 unspecified atom stereocenters. The van der Waals surface area contributed by atoms with Crippen LogP contribution in [0.3, 0.4) is 0 Å². The Hall–Kier alpha value is -2.99. The normalized spacial score (nSPS) is 11.8. The Morgan fingerprint density at radius 3 is 2.31 bits per heavy atom. The van der Waals surface area contributed by atoms with Crippen molar-refractivity contribution in [3.63, 3.8) is 0 Å². The molecule has 0 bridgehead atoms. The second kappa shape index (κ2) is 6.07. The van der Waals surface area contributed by atoms with Crippen molar-refractivity contribution in [1.82, 2.24) is 9.97 Å². The van der Waals surface area contributed by atoms with Crippen LogP contribution >= 0.6 is 0 Å². The minimum atomic E-state index is -3.27. The van der Waals surface area contributed by atoms with Gasteiger partial charge in [-0.05, 0) is 41.5 Å². The van der Waals surface area contributed by atoms with Crippen LogP contribution in [0.25, 0.3) is 33.5 Å². The predicted molar refractivity (Wildman–Crippen MR) is 100 cm³/mol. The molecule has 0 amide bonds. The SMILES string of the molecule is CS(=O)(=O)c1ccc2nc(-c3ccc(-c4cccc(F)c4)cc3)[nH]c2c1. The standard InChI is InChI=1S/C20H15FN2O2S/c1-26(24,25)17-9-10-18-19(12-17)23-20(22-18)14-7-5-13(6-8-14)15-3-2-4-16(21)11-15/h2-12H,1H3,(H,22,23). The quantitative estimate of drug-likeness (QED) is 0.583. The third-order valence-corrected chi connectivity index (χ3v) is 5.31. The van der Waals surface area contributed by atoms with Crippen molar-refractivity contribution in [3.8, 4) is 22.5 Å². The second-order valence-corrected chi connectivity index (χ2v) is 8.14. The highest BCUT2D eigenvalue weighted by molar-refractivity contribution is 7.90. The first-order chi connectivity index (χ1) is 12.4. The maximum absolute atomic E-state index is 13.4. The van der Waals surface area contributed by atoms with Crippen molar-refractivity contribution in [2.24, 2.45) is 0 Å². The Kier molecular flexibility index (Phi) is 3.85. The summed E-state index contributed by atoms with van der Waals surface area (Å²) in [5.41, 5.74) is 3.93. The van der Waals surface area contributed by atoms with E-state index in [1.165, 1.54) is 18.4 Å². The van der Waals surface area contributed by atoms with Gasteiger partial charge in [-0.25, -0.2) is 17.8 Å². The number of fused-ring (bicyclic) bond motifs is 1. The third kappa shape index (κ3) is 3.11. The first-order valence-electron chi connectivity index (χ1n) is 7.96. The smallest absolute Gasteiger partial charge is 0.175 e. The Morgan fingerprint density at radius 2 is 1.62 bits per heavy atom. The zero-order chi connectivity index (χ0) is 18.3. The number of imidazole rings is 1. The lowest BCUT2D eigenvalue weighted by Gasteiger charge is -2.03. The molecule has 4 rings (SSSR count). The number of nitrogens with zero attached hydrogens (tertiary/aromatic N) is 1. The van der Waals surface area contributed by atoms with E-state index in [1.807, 2.05) is 30.3 Å². The molecule has 0 spiro atoms. The first-order valence-corrected chi connectivity index (χ1v) is 9.85. The number of rotatable bonds is 3. The molecule has 4 nitrogen and oxygen atoms in total. The lowest BCUT2D eigenvalue weighted by atomic mass is 10.0. The van der Waals surface area contributed by atoms with Crippen LogP contribution in [-0.2, 0) is 9.84 Å². The summed E-state index contributed by atoms with van der Waals surface area (Å²) in [5.74, 6) is 0.377. The van der Waals surface area contributed by atoms with Gasteiger partial charge in [-0.1, -0.05) is 36.4 Å². The Morgan fingerprint density at radius 1 is 0.885 bits per heavy atom. The topological polar surface area (TPSA) is 62.8 Å². The number of aromatic nitrogens is 2. The second-order valence-electron chi connectivity index (χ2n) is 6.12. The van der Waals surface area contributed by atoms with Crippen LogP contribution in [0.5, 0.6) is 0 Å². The molecule has 0 saturated carbocycles. The Balaban J connectivity index is 1.71. The third-order valence-electron chi connectivity index (χ3n) is 4.20. The van der Waals surface area contributed by atoms with Crippen LogP contribution in [0.15, 0.2) is 71.6 Å². The molecular formula is C20H15FN2O2S. The number of nitrogens with one attached hydrogen (secondary N) is 1. The van der Waals surface area contributed by atoms with E-state index < -0.39 is 9.84 Å². The van der Waals surface area contributed by atoms with Crippen molar-refractivity contribution < 1.29 is 12.8 Å². The number of aromatic amines is 1. The number of hydrogen-bond acceptors (Lipinski definition) is 3. The summed E-state index contributed by atoms with van der Waals surface area (Å²) in [7, 11) is -3.27. The van der Waals surface area contributed by atoms with E-state index in [-0.39, 0.29) is 10.7 Å². The summed E-state index contributed by atoms with van der Waals surface area (Å²) in [6, 6.07) is 18.9. The van der Waals surface area contributed by atoms with E-state index in [9.17, 15) is 12.8 Å².